The van der Waals surface area contributed by atoms with Gasteiger partial charge in [0.05, 0.1) is 14.2 Å². The van der Waals surface area contributed by atoms with Crippen LogP contribution in [0.4, 0.5) is 8.78 Å². The van der Waals surface area contributed by atoms with Crippen LogP contribution in [-0.4, -0.2) is 48.1 Å². The van der Waals surface area contributed by atoms with Crippen molar-refractivity contribution in [2.75, 3.05) is 14.2 Å². The molecule has 1 aromatic rings. The molecular formula is C14H16F2N2O4. The highest BCUT2D eigenvalue weighted by Crippen LogP contribution is 2.33. The van der Waals surface area contributed by atoms with Crippen LogP contribution in [0.25, 0.3) is 0 Å². The summed E-state index contributed by atoms with van der Waals surface area (Å²) in [6.45, 7) is 1.47. The van der Waals surface area contributed by atoms with Gasteiger partial charge in [0.25, 0.3) is 12.3 Å². The van der Waals surface area contributed by atoms with Crippen LogP contribution in [0.5, 0.6) is 11.5 Å². The smallest absolute Gasteiger partial charge is 0.287 e. The molecule has 22 heavy (non-hydrogen) atoms. The van der Waals surface area contributed by atoms with E-state index in [4.69, 9.17) is 9.47 Å². The van der Waals surface area contributed by atoms with E-state index in [-0.39, 0.29) is 11.3 Å². The lowest BCUT2D eigenvalue weighted by Gasteiger charge is -2.30. The molecule has 0 bridgehead atoms. The molecule has 1 aliphatic heterocycles. The van der Waals surface area contributed by atoms with E-state index in [1.165, 1.54) is 39.3 Å². The first-order chi connectivity index (χ1) is 10.3. The highest BCUT2D eigenvalue weighted by atomic mass is 19.3. The summed E-state index contributed by atoms with van der Waals surface area (Å²) in [6, 6.07) is 4.26. The van der Waals surface area contributed by atoms with E-state index >= 15 is 0 Å². The van der Waals surface area contributed by atoms with Crippen molar-refractivity contribution in [3.8, 4) is 11.5 Å². The zero-order valence-electron chi connectivity index (χ0n) is 12.3. The number of halogens is 2. The molecule has 1 amide bonds. The molecule has 0 aliphatic carbocycles. The highest BCUT2D eigenvalue weighted by molar-refractivity contribution is 5.98. The molecule has 0 saturated carbocycles. The maximum absolute atomic E-state index is 13.1. The Morgan fingerprint density at radius 1 is 1.32 bits per heavy atom. The van der Waals surface area contributed by atoms with E-state index in [2.05, 4.69) is 5.10 Å². The van der Waals surface area contributed by atoms with E-state index in [9.17, 15) is 18.7 Å². The highest BCUT2D eigenvalue weighted by Gasteiger charge is 2.51. The molecule has 1 aliphatic rings. The number of aliphatic hydroxyl groups is 1. The summed E-state index contributed by atoms with van der Waals surface area (Å²) < 4.78 is 36.4. The molecule has 0 aromatic heterocycles. The van der Waals surface area contributed by atoms with Gasteiger partial charge in [-0.15, -0.1) is 0 Å². The van der Waals surface area contributed by atoms with Crippen molar-refractivity contribution in [1.29, 1.82) is 0 Å². The predicted molar refractivity (Wildman–Crippen MR) is 74.4 cm³/mol. The fraction of sp³-hybridized carbons (Fsp3) is 0.429. The molecule has 1 N–H and O–H groups in total. The second-order valence-electron chi connectivity index (χ2n) is 4.91. The minimum absolute atomic E-state index is 0.0220. The molecule has 8 heteroatoms. The number of hydrogen-bond donors (Lipinski definition) is 1. The summed E-state index contributed by atoms with van der Waals surface area (Å²) in [7, 11) is 2.80. The molecule has 6 nitrogen and oxygen atoms in total. The Morgan fingerprint density at radius 2 is 1.86 bits per heavy atom. The van der Waals surface area contributed by atoms with E-state index in [0.29, 0.717) is 16.5 Å². The Balaban J connectivity index is 2.42. The summed E-state index contributed by atoms with van der Waals surface area (Å²) in [6.07, 6.45) is -3.55. The topological polar surface area (TPSA) is 71.4 Å². The number of rotatable bonds is 4. The SMILES string of the molecule is COc1cc(OC)cc(C(=O)N2N=C(C)C[C@@]2(O)C(F)F)c1. The van der Waals surface area contributed by atoms with Crippen LogP contribution < -0.4 is 9.47 Å². The zero-order chi connectivity index (χ0) is 16.5. The standard InChI is InChI=1S/C14H16F2N2O4/c1-8-7-14(20,13(15)16)18(17-8)12(19)9-4-10(21-2)6-11(5-9)22-3/h4-6,13,20H,7H2,1-3H3/t14-/m1/s1. The number of hydrogen-bond acceptors (Lipinski definition) is 5. The number of alkyl halides is 2. The van der Waals surface area contributed by atoms with Crippen molar-refractivity contribution in [2.45, 2.75) is 25.5 Å². The Bertz CT molecular complexity index is 599. The minimum Gasteiger partial charge on any atom is -0.497 e. The van der Waals surface area contributed by atoms with Gasteiger partial charge in [0, 0.05) is 23.8 Å². The molecule has 1 heterocycles. The number of nitrogens with zero attached hydrogens (tertiary/aromatic N) is 2. The first-order valence-electron chi connectivity index (χ1n) is 6.44. The van der Waals surface area contributed by atoms with Crippen LogP contribution in [0.15, 0.2) is 23.3 Å². The van der Waals surface area contributed by atoms with Crippen molar-refractivity contribution >= 4 is 11.6 Å². The van der Waals surface area contributed by atoms with E-state index in [1.54, 1.807) is 0 Å². The quantitative estimate of drug-likeness (QED) is 0.921. The Morgan fingerprint density at radius 3 is 2.32 bits per heavy atom. The van der Waals surface area contributed by atoms with Gasteiger partial charge < -0.3 is 14.6 Å². The number of carbonyl (C=O) groups excluding carboxylic acids is 1. The van der Waals surface area contributed by atoms with Crippen molar-refractivity contribution in [2.24, 2.45) is 5.10 Å². The van der Waals surface area contributed by atoms with Crippen LogP contribution in [0.1, 0.15) is 23.7 Å². The summed E-state index contributed by atoms with van der Waals surface area (Å²) in [5, 5.41) is 14.2. The third-order valence-corrected chi connectivity index (χ3v) is 3.29. The minimum atomic E-state index is -3.15. The van der Waals surface area contributed by atoms with Crippen LogP contribution in [0.2, 0.25) is 0 Å². The van der Waals surface area contributed by atoms with Crippen LogP contribution in [0, 0.1) is 0 Å². The van der Waals surface area contributed by atoms with E-state index in [1.807, 2.05) is 0 Å². The molecule has 1 aromatic carbocycles. The second-order valence-corrected chi connectivity index (χ2v) is 4.91. The van der Waals surface area contributed by atoms with Gasteiger partial charge in [-0.25, -0.2) is 8.78 Å². The fourth-order valence-electron chi connectivity index (χ4n) is 2.19. The number of ether oxygens (including phenoxy) is 2. The zero-order valence-corrected chi connectivity index (χ0v) is 12.3. The molecule has 0 saturated heterocycles. The molecular weight excluding hydrogens is 298 g/mol. The molecule has 0 unspecified atom stereocenters. The summed E-state index contributed by atoms with van der Waals surface area (Å²) >= 11 is 0. The summed E-state index contributed by atoms with van der Waals surface area (Å²) in [5.41, 5.74) is -2.38. The maximum atomic E-state index is 13.1. The molecule has 0 fully saturated rings. The third kappa shape index (κ3) is 2.74. The summed E-state index contributed by atoms with van der Waals surface area (Å²) in [4.78, 5) is 12.5. The lowest BCUT2D eigenvalue weighted by Crippen LogP contribution is -2.51. The molecule has 2 rings (SSSR count). The lowest BCUT2D eigenvalue weighted by molar-refractivity contribution is -0.164. The number of benzene rings is 1. The third-order valence-electron chi connectivity index (χ3n) is 3.29. The van der Waals surface area contributed by atoms with Gasteiger partial charge in [-0.3, -0.25) is 4.79 Å². The van der Waals surface area contributed by atoms with Crippen molar-refractivity contribution in [1.82, 2.24) is 5.01 Å². The Hall–Kier alpha value is -2.22. The maximum Gasteiger partial charge on any atom is 0.287 e. The lowest BCUT2D eigenvalue weighted by atomic mass is 10.1. The van der Waals surface area contributed by atoms with Gasteiger partial charge in [-0.2, -0.15) is 10.1 Å². The molecule has 1 atom stereocenters. The first-order valence-corrected chi connectivity index (χ1v) is 6.44. The van der Waals surface area contributed by atoms with Crippen LogP contribution >= 0.6 is 0 Å². The van der Waals surface area contributed by atoms with Crippen molar-refractivity contribution in [3.63, 3.8) is 0 Å². The molecule has 0 radical (unpaired) electrons. The first kappa shape index (κ1) is 16.2. The average Bonchev–Trinajstić information content (AvgIpc) is 2.82. The van der Waals surface area contributed by atoms with Gasteiger partial charge in [0.15, 0.2) is 0 Å². The van der Waals surface area contributed by atoms with Crippen molar-refractivity contribution < 1.29 is 28.2 Å². The average molecular weight is 314 g/mol. The van der Waals surface area contributed by atoms with Gasteiger partial charge >= 0.3 is 0 Å². The monoisotopic (exact) mass is 314 g/mol. The van der Waals surface area contributed by atoms with E-state index in [0.717, 1.165) is 0 Å². The number of methoxy groups -OCH3 is 2. The summed E-state index contributed by atoms with van der Waals surface area (Å²) in [5.74, 6) is -0.219. The largest absolute Gasteiger partial charge is 0.497 e. The molecule has 120 valence electrons. The van der Waals surface area contributed by atoms with Gasteiger partial charge in [0.2, 0.25) is 5.72 Å². The number of amides is 1. The fourth-order valence-corrected chi connectivity index (χ4v) is 2.19. The number of hydrazone groups is 1. The number of carbonyl (C=O) groups is 1. The normalized spacial score (nSPS) is 21.0. The van der Waals surface area contributed by atoms with Gasteiger partial charge in [0.1, 0.15) is 11.5 Å². The van der Waals surface area contributed by atoms with E-state index < -0.39 is 24.5 Å². The van der Waals surface area contributed by atoms with Crippen molar-refractivity contribution in [3.05, 3.63) is 23.8 Å². The Labute approximate surface area is 125 Å². The van der Waals surface area contributed by atoms with Gasteiger partial charge in [-0.1, -0.05) is 0 Å². The molecule has 0 spiro atoms. The predicted octanol–water partition coefficient (Wildman–Crippen LogP) is 1.88. The van der Waals surface area contributed by atoms with Crippen LogP contribution in [0.3, 0.4) is 0 Å². The van der Waals surface area contributed by atoms with Gasteiger partial charge in [-0.05, 0) is 19.1 Å². The Kier molecular flexibility index (Phi) is 4.32. The second kappa shape index (κ2) is 5.88. The van der Waals surface area contributed by atoms with Crippen LogP contribution in [-0.2, 0) is 0 Å².